The van der Waals surface area contributed by atoms with E-state index in [0.717, 1.165) is 13.0 Å². The minimum Gasteiger partial charge on any atom is -0.417 e. The molecule has 2 heteroatoms. The lowest BCUT2D eigenvalue weighted by Gasteiger charge is -2.16. The van der Waals surface area contributed by atoms with E-state index >= 15 is 0 Å². The Labute approximate surface area is 81.9 Å². The lowest BCUT2D eigenvalue weighted by molar-refractivity contribution is 0.316. The van der Waals surface area contributed by atoms with Gasteiger partial charge in [0.25, 0.3) is 0 Å². The second-order valence-corrected chi connectivity index (χ2v) is 8.71. The van der Waals surface area contributed by atoms with Gasteiger partial charge >= 0.3 is 0 Å². The van der Waals surface area contributed by atoms with Crippen LogP contribution in [0.25, 0.3) is 0 Å². The zero-order chi connectivity index (χ0) is 9.73. The summed E-state index contributed by atoms with van der Waals surface area (Å²) < 4.78 is 5.77. The van der Waals surface area contributed by atoms with Gasteiger partial charge in [-0.2, -0.15) is 0 Å². The maximum Gasteiger partial charge on any atom is 0.183 e. The van der Waals surface area contributed by atoms with E-state index in [1.54, 1.807) is 0 Å². The molecule has 0 aliphatic rings. The van der Waals surface area contributed by atoms with Crippen molar-refractivity contribution in [2.45, 2.75) is 26.1 Å². The van der Waals surface area contributed by atoms with Gasteiger partial charge in [-0.05, 0) is 31.6 Å². The normalized spacial score (nSPS) is 11.6. The Kier molecular flexibility index (Phi) is 3.69. The van der Waals surface area contributed by atoms with Crippen molar-refractivity contribution < 1.29 is 4.43 Å². The first-order chi connectivity index (χ1) is 6.08. The molecule has 0 fully saturated rings. The third-order valence-corrected chi connectivity index (χ3v) is 2.84. The first kappa shape index (κ1) is 10.5. The summed E-state index contributed by atoms with van der Waals surface area (Å²) in [5.74, 6) is 0. The zero-order valence-corrected chi connectivity index (χ0v) is 9.71. The second kappa shape index (κ2) is 4.58. The third-order valence-electron chi connectivity index (χ3n) is 1.77. The average molecular weight is 194 g/mol. The number of hydrogen-bond donors (Lipinski definition) is 0. The van der Waals surface area contributed by atoms with Gasteiger partial charge < -0.3 is 4.43 Å². The fraction of sp³-hybridized carbons (Fsp3) is 0.455. The Bertz CT molecular complexity index is 238. The lowest BCUT2D eigenvalue weighted by Crippen LogP contribution is -2.26. The van der Waals surface area contributed by atoms with Crippen LogP contribution in [0.2, 0.25) is 19.6 Å². The summed E-state index contributed by atoms with van der Waals surface area (Å²) in [6.07, 6.45) is 1.03. The molecule has 0 aliphatic heterocycles. The summed E-state index contributed by atoms with van der Waals surface area (Å²) in [7, 11) is -1.31. The van der Waals surface area contributed by atoms with E-state index in [1.165, 1.54) is 5.56 Å². The van der Waals surface area contributed by atoms with Crippen LogP contribution >= 0.6 is 0 Å². The molecule has 0 spiro atoms. The maximum absolute atomic E-state index is 5.77. The van der Waals surface area contributed by atoms with Crippen molar-refractivity contribution in [2.75, 3.05) is 6.61 Å². The van der Waals surface area contributed by atoms with Crippen molar-refractivity contribution in [3.63, 3.8) is 0 Å². The fourth-order valence-electron chi connectivity index (χ4n) is 1.12. The van der Waals surface area contributed by atoms with Gasteiger partial charge in [-0.15, -0.1) is 0 Å². The van der Waals surface area contributed by atoms with Crippen LogP contribution in [-0.4, -0.2) is 14.9 Å². The molecule has 0 N–H and O–H groups in total. The highest BCUT2D eigenvalue weighted by Gasteiger charge is 2.12. The van der Waals surface area contributed by atoms with Crippen LogP contribution in [0.15, 0.2) is 30.3 Å². The Hall–Kier alpha value is -0.603. The minimum absolute atomic E-state index is 0.861. The molecule has 0 radical (unpaired) electrons. The van der Waals surface area contributed by atoms with Gasteiger partial charge in [0.05, 0.1) is 0 Å². The van der Waals surface area contributed by atoms with Gasteiger partial charge in [0.15, 0.2) is 8.32 Å². The Morgan fingerprint density at radius 2 is 1.69 bits per heavy atom. The monoisotopic (exact) mass is 194 g/mol. The van der Waals surface area contributed by atoms with Crippen molar-refractivity contribution in [1.29, 1.82) is 0 Å². The highest BCUT2D eigenvalue weighted by Crippen LogP contribution is 2.05. The van der Waals surface area contributed by atoms with Crippen LogP contribution in [0, 0.1) is 0 Å². The van der Waals surface area contributed by atoms with E-state index in [1.807, 2.05) is 6.07 Å². The van der Waals surface area contributed by atoms with Gasteiger partial charge in [0.1, 0.15) is 0 Å². The summed E-state index contributed by atoms with van der Waals surface area (Å²) in [5, 5.41) is 0. The molecular formula is C11H18OSi. The molecule has 72 valence electrons. The smallest absolute Gasteiger partial charge is 0.183 e. The van der Waals surface area contributed by atoms with Crippen molar-refractivity contribution >= 4 is 8.32 Å². The molecule has 0 heterocycles. The largest absolute Gasteiger partial charge is 0.417 e. The summed E-state index contributed by atoms with van der Waals surface area (Å²) in [6.45, 7) is 7.52. The quantitative estimate of drug-likeness (QED) is 0.669. The SMILES string of the molecule is C[Si](C)(C)OCCc1ccccc1. The number of rotatable bonds is 4. The van der Waals surface area contributed by atoms with Crippen molar-refractivity contribution in [1.82, 2.24) is 0 Å². The first-order valence-corrected chi connectivity index (χ1v) is 8.17. The van der Waals surface area contributed by atoms with Gasteiger partial charge in [-0.3, -0.25) is 0 Å². The molecule has 0 saturated heterocycles. The predicted molar refractivity (Wildman–Crippen MR) is 59.4 cm³/mol. The Morgan fingerprint density at radius 1 is 1.08 bits per heavy atom. The molecular weight excluding hydrogens is 176 g/mol. The molecule has 0 bridgehead atoms. The second-order valence-electron chi connectivity index (χ2n) is 4.20. The van der Waals surface area contributed by atoms with E-state index in [4.69, 9.17) is 4.43 Å². The summed E-state index contributed by atoms with van der Waals surface area (Å²) in [6, 6.07) is 10.5. The zero-order valence-electron chi connectivity index (χ0n) is 8.71. The van der Waals surface area contributed by atoms with Crippen LogP contribution in [0.1, 0.15) is 5.56 Å². The van der Waals surface area contributed by atoms with Gasteiger partial charge in [-0.1, -0.05) is 30.3 Å². The first-order valence-electron chi connectivity index (χ1n) is 4.76. The van der Waals surface area contributed by atoms with Gasteiger partial charge in [0.2, 0.25) is 0 Å². The molecule has 0 amide bonds. The standard InChI is InChI=1S/C11H18OSi/c1-13(2,3)12-10-9-11-7-5-4-6-8-11/h4-8H,9-10H2,1-3H3. The lowest BCUT2D eigenvalue weighted by atomic mass is 10.2. The fourth-order valence-corrected chi connectivity index (χ4v) is 1.83. The Balaban J connectivity index is 2.29. The average Bonchev–Trinajstić information content (AvgIpc) is 2.04. The minimum atomic E-state index is -1.31. The van der Waals surface area contributed by atoms with E-state index < -0.39 is 8.32 Å². The number of hydrogen-bond acceptors (Lipinski definition) is 1. The van der Waals surface area contributed by atoms with Crippen LogP contribution in [0.4, 0.5) is 0 Å². The number of benzene rings is 1. The van der Waals surface area contributed by atoms with Crippen molar-refractivity contribution in [2.24, 2.45) is 0 Å². The van der Waals surface area contributed by atoms with Gasteiger partial charge in [0, 0.05) is 6.61 Å². The maximum atomic E-state index is 5.77. The molecule has 0 unspecified atom stereocenters. The van der Waals surface area contributed by atoms with E-state index in [2.05, 4.69) is 43.9 Å². The Morgan fingerprint density at radius 3 is 2.23 bits per heavy atom. The molecule has 0 aliphatic carbocycles. The van der Waals surface area contributed by atoms with Crippen LogP contribution < -0.4 is 0 Å². The van der Waals surface area contributed by atoms with Crippen LogP contribution in [0.3, 0.4) is 0 Å². The predicted octanol–water partition coefficient (Wildman–Crippen LogP) is 3.08. The highest BCUT2D eigenvalue weighted by molar-refractivity contribution is 6.69. The summed E-state index contributed by atoms with van der Waals surface area (Å²) in [4.78, 5) is 0. The molecule has 0 saturated carbocycles. The highest BCUT2D eigenvalue weighted by atomic mass is 28.4. The third kappa shape index (κ3) is 4.86. The molecule has 0 atom stereocenters. The van der Waals surface area contributed by atoms with Crippen LogP contribution in [-0.2, 0) is 10.8 Å². The topological polar surface area (TPSA) is 9.23 Å². The van der Waals surface area contributed by atoms with E-state index in [-0.39, 0.29) is 0 Å². The molecule has 13 heavy (non-hydrogen) atoms. The molecule has 1 rings (SSSR count). The van der Waals surface area contributed by atoms with Crippen molar-refractivity contribution in [3.8, 4) is 0 Å². The molecule has 1 nitrogen and oxygen atoms in total. The summed E-state index contributed by atoms with van der Waals surface area (Å²) in [5.41, 5.74) is 1.36. The van der Waals surface area contributed by atoms with Crippen molar-refractivity contribution in [3.05, 3.63) is 35.9 Å². The molecule has 1 aromatic carbocycles. The van der Waals surface area contributed by atoms with Gasteiger partial charge in [-0.25, -0.2) is 0 Å². The van der Waals surface area contributed by atoms with E-state index in [9.17, 15) is 0 Å². The molecule has 1 aromatic rings. The summed E-state index contributed by atoms with van der Waals surface area (Å²) >= 11 is 0. The molecule has 0 aromatic heterocycles. The van der Waals surface area contributed by atoms with E-state index in [0.29, 0.717) is 0 Å². The van der Waals surface area contributed by atoms with Crippen LogP contribution in [0.5, 0.6) is 0 Å².